The quantitative estimate of drug-likeness (QED) is 0.232. The molecule has 15 nitrogen and oxygen atoms in total. The van der Waals surface area contributed by atoms with Crippen LogP contribution in [0.1, 0.15) is 73.0 Å². The first kappa shape index (κ1) is 42.4. The Labute approximate surface area is 365 Å². The molecule has 9 rings (SSSR count). The summed E-state index contributed by atoms with van der Waals surface area (Å²) in [6.07, 6.45) is 5.23. The Hall–Kier alpha value is -5.94. The van der Waals surface area contributed by atoms with Gasteiger partial charge in [0, 0.05) is 94.1 Å². The van der Waals surface area contributed by atoms with E-state index in [0.717, 1.165) is 67.9 Å². The SMILES string of the molecule is COC[C@@H]1CN(C2CCN(c3cc(F)c([C@H]4CCC(=O)NC4=O)c(F)c3)CC2)CCN1c1ccc2c(c1)N1C[C@H](C)CCCOc3c(cnn3C)-c3cc(cc(C)n3)C(=O)/N=C/1N2. The first-order chi connectivity index (χ1) is 30.4. The van der Waals surface area contributed by atoms with Crippen molar-refractivity contribution < 1.29 is 32.6 Å². The largest absolute Gasteiger partial charge is 0.477 e. The third-order valence-corrected chi connectivity index (χ3v) is 13.1. The van der Waals surface area contributed by atoms with E-state index in [1.165, 1.54) is 12.1 Å². The van der Waals surface area contributed by atoms with Crippen LogP contribution in [0.3, 0.4) is 0 Å². The fraction of sp³-hybridized carbons (Fsp3) is 0.478. The summed E-state index contributed by atoms with van der Waals surface area (Å²) in [5.74, 6) is -2.66. The van der Waals surface area contributed by atoms with Crippen molar-refractivity contribution >= 4 is 46.4 Å². The Balaban J connectivity index is 0.898. The van der Waals surface area contributed by atoms with Crippen LogP contribution in [0.2, 0.25) is 0 Å². The van der Waals surface area contributed by atoms with Gasteiger partial charge in [0.15, 0.2) is 0 Å². The molecular weight excluding hydrogens is 811 g/mol. The van der Waals surface area contributed by atoms with E-state index < -0.39 is 29.4 Å². The molecule has 3 saturated heterocycles. The molecule has 2 aromatic heterocycles. The number of aliphatic imine (C=N–C) groups is 1. The van der Waals surface area contributed by atoms with Gasteiger partial charge in [-0.05, 0) is 87.4 Å². The van der Waals surface area contributed by atoms with Crippen LogP contribution in [0, 0.1) is 24.5 Å². The predicted molar refractivity (Wildman–Crippen MR) is 236 cm³/mol. The van der Waals surface area contributed by atoms with Crippen LogP contribution >= 0.6 is 0 Å². The van der Waals surface area contributed by atoms with Crippen LogP contribution < -0.4 is 30.1 Å². The molecule has 2 N–H and O–H groups in total. The lowest BCUT2D eigenvalue weighted by Crippen LogP contribution is -2.59. The fourth-order valence-corrected chi connectivity index (χ4v) is 9.90. The minimum atomic E-state index is -1.03. The predicted octanol–water partition coefficient (Wildman–Crippen LogP) is 5.63. The number of hydrogen-bond donors (Lipinski definition) is 2. The summed E-state index contributed by atoms with van der Waals surface area (Å²) < 4.78 is 44.6. The van der Waals surface area contributed by atoms with Crippen LogP contribution in [-0.4, -0.2) is 115 Å². The van der Waals surface area contributed by atoms with E-state index in [1.54, 1.807) is 30.1 Å². The number of nitrogens with zero attached hydrogens (tertiary/aromatic N) is 8. The van der Waals surface area contributed by atoms with Crippen molar-refractivity contribution in [2.45, 2.75) is 70.4 Å². The highest BCUT2D eigenvalue weighted by atomic mass is 19.1. The maximum Gasteiger partial charge on any atom is 0.280 e. The van der Waals surface area contributed by atoms with Crippen LogP contribution in [0.4, 0.5) is 31.5 Å². The second kappa shape index (κ2) is 17.7. The smallest absolute Gasteiger partial charge is 0.280 e. The number of carbonyl (C=O) groups excluding carboxylic acids is 3. The van der Waals surface area contributed by atoms with Gasteiger partial charge in [0.25, 0.3) is 5.91 Å². The molecule has 2 bridgehead atoms. The molecule has 0 unspecified atom stereocenters. The number of nitrogens with one attached hydrogen (secondary N) is 2. The Kier molecular flexibility index (Phi) is 11.9. The summed E-state index contributed by atoms with van der Waals surface area (Å²) in [7, 11) is 3.56. The molecule has 0 saturated carbocycles. The van der Waals surface area contributed by atoms with Gasteiger partial charge in [-0.25, -0.2) is 13.5 Å². The van der Waals surface area contributed by atoms with E-state index in [0.29, 0.717) is 73.4 Å². The van der Waals surface area contributed by atoms with E-state index >= 15 is 8.78 Å². The number of guanidine groups is 1. The van der Waals surface area contributed by atoms with E-state index in [9.17, 15) is 14.4 Å². The number of carbonyl (C=O) groups is 3. The van der Waals surface area contributed by atoms with Gasteiger partial charge in [-0.2, -0.15) is 10.1 Å². The Morgan fingerprint density at radius 1 is 0.921 bits per heavy atom. The molecule has 0 spiro atoms. The second-order valence-electron chi connectivity index (χ2n) is 17.5. The molecule has 2 aromatic carbocycles. The second-order valence-corrected chi connectivity index (χ2v) is 17.5. The molecule has 0 aliphatic carbocycles. The average molecular weight is 865 g/mol. The van der Waals surface area contributed by atoms with Crippen molar-refractivity contribution in [1.82, 2.24) is 25.0 Å². The molecule has 5 aliphatic rings. The van der Waals surface area contributed by atoms with Gasteiger partial charge < -0.3 is 29.5 Å². The molecule has 63 heavy (non-hydrogen) atoms. The zero-order valence-electron chi connectivity index (χ0n) is 36.2. The van der Waals surface area contributed by atoms with Gasteiger partial charge >= 0.3 is 0 Å². The van der Waals surface area contributed by atoms with E-state index in [4.69, 9.17) is 19.5 Å². The minimum Gasteiger partial charge on any atom is -0.477 e. The number of imide groups is 1. The third-order valence-electron chi connectivity index (χ3n) is 13.1. The number of benzene rings is 2. The maximum atomic E-state index is 15.4. The van der Waals surface area contributed by atoms with Crippen LogP contribution in [0.5, 0.6) is 5.88 Å². The van der Waals surface area contributed by atoms with Gasteiger partial charge in [-0.15, -0.1) is 0 Å². The number of hydrogen-bond acceptors (Lipinski definition) is 12. The summed E-state index contributed by atoms with van der Waals surface area (Å²) >= 11 is 0. The van der Waals surface area contributed by atoms with Gasteiger partial charge in [0.05, 0.1) is 54.0 Å². The zero-order valence-corrected chi connectivity index (χ0v) is 36.2. The average Bonchev–Trinajstić information content (AvgIpc) is 3.80. The lowest BCUT2D eigenvalue weighted by atomic mass is 9.89. The molecule has 17 heteroatoms. The number of methoxy groups -OCH3 is 1. The minimum absolute atomic E-state index is 0.0485. The van der Waals surface area contributed by atoms with Crippen LogP contribution in [0.15, 0.2) is 53.7 Å². The number of amides is 3. The van der Waals surface area contributed by atoms with Gasteiger partial charge in [0.2, 0.25) is 23.7 Å². The van der Waals surface area contributed by atoms with Crippen LogP contribution in [0.25, 0.3) is 11.3 Å². The number of piperidine rings is 2. The number of pyridine rings is 1. The van der Waals surface area contributed by atoms with Gasteiger partial charge in [-0.3, -0.25) is 29.6 Å². The number of anilines is 4. The monoisotopic (exact) mass is 864 g/mol. The lowest BCUT2D eigenvalue weighted by molar-refractivity contribution is -0.134. The molecular formula is C46H54F2N10O5. The molecule has 5 aliphatic heterocycles. The summed E-state index contributed by atoms with van der Waals surface area (Å²) in [6, 6.07) is 12.9. The first-order valence-corrected chi connectivity index (χ1v) is 22.0. The summed E-state index contributed by atoms with van der Waals surface area (Å²) in [4.78, 5) is 56.4. The van der Waals surface area contributed by atoms with E-state index in [-0.39, 0.29) is 36.3 Å². The highest BCUT2D eigenvalue weighted by molar-refractivity contribution is 6.19. The number of fused-ring (bicyclic) bond motifs is 7. The number of aromatic nitrogens is 3. The highest BCUT2D eigenvalue weighted by Crippen LogP contribution is 2.39. The normalized spacial score (nSPS) is 23.4. The Morgan fingerprint density at radius 3 is 2.48 bits per heavy atom. The van der Waals surface area contributed by atoms with Crippen molar-refractivity contribution in [3.8, 4) is 17.1 Å². The van der Waals surface area contributed by atoms with Crippen molar-refractivity contribution in [3.05, 3.63) is 77.1 Å². The van der Waals surface area contributed by atoms with Crippen molar-refractivity contribution in [3.63, 3.8) is 0 Å². The molecule has 3 fully saturated rings. The summed E-state index contributed by atoms with van der Waals surface area (Å²) in [5, 5.41) is 10.1. The molecule has 3 amide bonds. The molecule has 332 valence electrons. The standard InChI is InChI=1S/C46H54F2N10O5/c1-27-6-5-17-63-45-35(23-49-54(45)3)39-19-29(18-28(2)50-39)43(60)53-46-51-38-9-7-31(22-40(38)58(46)24-27)57-16-15-56(25-33(57)26-62-4)30-11-13-55(14-12-30)32-20-36(47)42(37(48)21-32)34-8-10-41(59)52-44(34)61/h7,9,18-23,27,30,33-34H,5-6,8,10-17,24-26H2,1-4H3,(H,51,53,60)(H,52,59,61)/t27-,33+,34-/m1/s1. The number of rotatable bonds is 6. The zero-order chi connectivity index (χ0) is 43.9. The number of aryl methyl sites for hydroxylation is 2. The number of ether oxygens (including phenoxy) is 2. The maximum absolute atomic E-state index is 15.4. The first-order valence-electron chi connectivity index (χ1n) is 22.0. The van der Waals surface area contributed by atoms with Crippen molar-refractivity contribution in [1.29, 1.82) is 0 Å². The van der Waals surface area contributed by atoms with E-state index in [1.807, 2.05) is 18.9 Å². The van der Waals surface area contributed by atoms with Gasteiger partial charge in [0.1, 0.15) is 11.6 Å². The Morgan fingerprint density at radius 2 is 1.71 bits per heavy atom. The molecule has 3 atom stereocenters. The van der Waals surface area contributed by atoms with Crippen LogP contribution in [-0.2, 0) is 21.4 Å². The van der Waals surface area contributed by atoms with Crippen molar-refractivity contribution in [2.24, 2.45) is 18.0 Å². The molecule has 7 heterocycles. The van der Waals surface area contributed by atoms with Gasteiger partial charge in [-0.1, -0.05) is 6.92 Å². The third kappa shape index (κ3) is 8.60. The Bertz CT molecular complexity index is 2430. The number of halogens is 2. The summed E-state index contributed by atoms with van der Waals surface area (Å²) in [5.41, 5.74) is 5.53. The topological polar surface area (TPSA) is 150 Å². The fourth-order valence-electron chi connectivity index (χ4n) is 9.90. The highest BCUT2D eigenvalue weighted by Gasteiger charge is 2.37. The van der Waals surface area contributed by atoms with E-state index in [2.05, 4.69) is 55.6 Å². The molecule has 0 radical (unpaired) electrons. The lowest BCUT2D eigenvalue weighted by Gasteiger charge is -2.47. The molecule has 4 aromatic rings. The van der Waals surface area contributed by atoms with Crippen molar-refractivity contribution in [2.75, 3.05) is 79.6 Å². The summed E-state index contributed by atoms with van der Waals surface area (Å²) in [6.45, 7) is 9.42. The number of piperazine rings is 1.